The van der Waals surface area contributed by atoms with Crippen molar-refractivity contribution in [3.05, 3.63) is 56.1 Å². The van der Waals surface area contributed by atoms with Gasteiger partial charge in [-0.1, -0.05) is 12.7 Å². The average molecular weight is 623 g/mol. The minimum atomic E-state index is -2.61. The van der Waals surface area contributed by atoms with Gasteiger partial charge in [-0.05, 0) is 67.1 Å². The first kappa shape index (κ1) is 27.1. The summed E-state index contributed by atoms with van der Waals surface area (Å²) in [7, 11) is 6.95. The Morgan fingerprint density at radius 3 is 2.49 bits per heavy atom. The zero-order valence-electron chi connectivity index (χ0n) is 21.0. The monoisotopic (exact) mass is 623 g/mol. The molecule has 1 aromatic carbocycles. The molecule has 0 radical (unpaired) electrons. The number of carbonyl (C=O) groups is 3. The number of Topliss-reactive ketones (excluding diaryl/α,β-unsaturated/α-hetero) is 2. The molecule has 0 bridgehead atoms. The lowest BCUT2D eigenvalue weighted by molar-refractivity contribution is -0.148. The van der Waals surface area contributed by atoms with Gasteiger partial charge < -0.3 is 30.7 Å². The Hall–Kier alpha value is -2.90. The molecule has 4 atom stereocenters. The summed E-state index contributed by atoms with van der Waals surface area (Å²) >= 11 is 2.07. The van der Waals surface area contributed by atoms with Crippen LogP contribution in [0.3, 0.4) is 0 Å². The second-order valence-electron chi connectivity index (χ2n) is 10.0. The number of benzene rings is 1. The predicted molar refractivity (Wildman–Crippen MR) is 145 cm³/mol. The van der Waals surface area contributed by atoms with Crippen molar-refractivity contribution in [1.82, 2.24) is 4.90 Å². The van der Waals surface area contributed by atoms with Gasteiger partial charge >= 0.3 is 0 Å². The first-order valence-electron chi connectivity index (χ1n) is 11.7. The number of ketones is 2. The minimum absolute atomic E-state index is 0.0907. The quantitative estimate of drug-likeness (QED) is 0.211. The summed E-state index contributed by atoms with van der Waals surface area (Å²) in [5.74, 6) is -5.65. The molecule has 198 valence electrons. The van der Waals surface area contributed by atoms with E-state index in [9.17, 15) is 29.7 Å². The van der Waals surface area contributed by atoms with Gasteiger partial charge in [0.15, 0.2) is 11.4 Å². The Morgan fingerprint density at radius 2 is 1.95 bits per heavy atom. The SMILES string of the molecule is C=CCOc1c(I)cc(N(C)C)c2c1C(=O)C1=C(O)[C@]3(O)C(=O)C(C(N)=O)=C(O)[C@@H](N(C)C)C3CC1C2. The number of primary amides is 1. The number of anilines is 1. The summed E-state index contributed by atoms with van der Waals surface area (Å²) in [6.07, 6.45) is 1.96. The maximum absolute atomic E-state index is 14.1. The molecule has 4 rings (SSSR count). The highest BCUT2D eigenvalue weighted by Gasteiger charge is 2.63. The number of likely N-dealkylation sites (N-methyl/N-ethyl adjacent to an activating group) is 1. The number of hydrogen-bond acceptors (Lipinski definition) is 9. The zero-order chi connectivity index (χ0) is 27.6. The molecule has 11 heteroatoms. The van der Waals surface area contributed by atoms with E-state index in [0.29, 0.717) is 15.7 Å². The smallest absolute Gasteiger partial charge is 0.255 e. The first-order chi connectivity index (χ1) is 17.3. The number of allylic oxidation sites excluding steroid dienone is 1. The number of aliphatic hydroxyl groups excluding tert-OH is 2. The van der Waals surface area contributed by atoms with E-state index in [1.165, 1.54) is 0 Å². The van der Waals surface area contributed by atoms with Crippen molar-refractivity contribution in [3.63, 3.8) is 0 Å². The molecule has 10 nitrogen and oxygen atoms in total. The number of nitrogens with two attached hydrogens (primary N) is 1. The molecule has 0 saturated heterocycles. The molecule has 0 fully saturated rings. The highest BCUT2D eigenvalue weighted by molar-refractivity contribution is 14.1. The van der Waals surface area contributed by atoms with Crippen LogP contribution in [0.15, 0.2) is 41.4 Å². The van der Waals surface area contributed by atoms with Gasteiger partial charge in [-0.25, -0.2) is 0 Å². The van der Waals surface area contributed by atoms with Crippen molar-refractivity contribution in [1.29, 1.82) is 0 Å². The van der Waals surface area contributed by atoms with Crippen LogP contribution >= 0.6 is 22.6 Å². The molecule has 0 aliphatic heterocycles. The van der Waals surface area contributed by atoms with Gasteiger partial charge in [0.25, 0.3) is 5.91 Å². The molecule has 37 heavy (non-hydrogen) atoms. The lowest BCUT2D eigenvalue weighted by atomic mass is 9.58. The summed E-state index contributed by atoms with van der Waals surface area (Å²) in [5, 5.41) is 34.1. The van der Waals surface area contributed by atoms with Crippen LogP contribution in [0, 0.1) is 15.4 Å². The predicted octanol–water partition coefficient (Wildman–Crippen LogP) is 1.65. The Morgan fingerprint density at radius 1 is 1.30 bits per heavy atom. The lowest BCUT2D eigenvalue weighted by Crippen LogP contribution is -2.63. The van der Waals surface area contributed by atoms with Crippen molar-refractivity contribution in [2.24, 2.45) is 17.6 Å². The highest BCUT2D eigenvalue weighted by Crippen LogP contribution is 2.53. The molecule has 0 heterocycles. The van der Waals surface area contributed by atoms with E-state index in [0.717, 1.165) is 11.3 Å². The number of aliphatic hydroxyl groups is 3. The van der Waals surface area contributed by atoms with E-state index in [1.54, 1.807) is 25.1 Å². The zero-order valence-corrected chi connectivity index (χ0v) is 23.2. The Balaban J connectivity index is 1.99. The largest absolute Gasteiger partial charge is 0.510 e. The van der Waals surface area contributed by atoms with Crippen molar-refractivity contribution >= 4 is 45.8 Å². The molecule has 2 unspecified atom stereocenters. The summed E-state index contributed by atoms with van der Waals surface area (Å²) in [6, 6.07) is 0.918. The van der Waals surface area contributed by atoms with Crippen LogP contribution < -0.4 is 15.4 Å². The summed E-state index contributed by atoms with van der Waals surface area (Å²) in [5.41, 5.74) is 3.67. The van der Waals surface area contributed by atoms with Crippen LogP contribution in [-0.2, 0) is 16.0 Å². The van der Waals surface area contributed by atoms with Crippen LogP contribution in [0.2, 0.25) is 0 Å². The molecule has 0 saturated carbocycles. The fourth-order valence-electron chi connectivity index (χ4n) is 5.94. The second kappa shape index (κ2) is 9.44. The summed E-state index contributed by atoms with van der Waals surface area (Å²) < 4.78 is 6.53. The third-order valence-corrected chi connectivity index (χ3v) is 8.26. The van der Waals surface area contributed by atoms with Gasteiger partial charge in [-0.2, -0.15) is 0 Å². The standard InChI is InChI=1S/C26H30IN3O7/c1-6-7-37-22-14(27)10-15(29(2)3)12-8-11-9-13-19(30(4)5)21(32)18(25(28)35)24(34)26(13,36)23(33)16(11)20(31)17(12)22/h6,10-11,13,19,32-33,36H,1,7-9H2,2-5H3,(H2,28,35)/t11?,13?,19-,26-/m0/s1. The molecular formula is C26H30IN3O7. The molecule has 1 amide bonds. The number of fused-ring (bicyclic) bond motifs is 3. The minimum Gasteiger partial charge on any atom is -0.510 e. The van der Waals surface area contributed by atoms with E-state index < -0.39 is 58.0 Å². The Kier molecular flexibility index (Phi) is 6.93. The lowest BCUT2D eigenvalue weighted by Gasteiger charge is -2.50. The molecule has 5 N–H and O–H groups in total. The molecule has 3 aliphatic carbocycles. The third-order valence-electron chi connectivity index (χ3n) is 7.46. The highest BCUT2D eigenvalue weighted by atomic mass is 127. The van der Waals surface area contributed by atoms with Gasteiger partial charge in [0.2, 0.25) is 5.78 Å². The number of rotatable bonds is 6. The van der Waals surface area contributed by atoms with Gasteiger partial charge in [0, 0.05) is 31.3 Å². The maximum Gasteiger partial charge on any atom is 0.255 e. The van der Waals surface area contributed by atoms with Gasteiger partial charge in [0.1, 0.15) is 29.4 Å². The average Bonchev–Trinajstić information content (AvgIpc) is 2.80. The van der Waals surface area contributed by atoms with Gasteiger partial charge in [-0.15, -0.1) is 0 Å². The molecule has 3 aliphatic rings. The van der Waals surface area contributed by atoms with Crippen LogP contribution in [-0.4, -0.2) is 84.1 Å². The Labute approximate surface area is 228 Å². The fraction of sp³-hybridized carbons (Fsp3) is 0.423. The Bertz CT molecular complexity index is 1300. The number of hydrogen-bond donors (Lipinski definition) is 4. The van der Waals surface area contributed by atoms with Crippen molar-refractivity contribution in [3.8, 4) is 5.75 Å². The molecule has 0 spiro atoms. The fourth-order valence-corrected chi connectivity index (χ4v) is 6.66. The maximum atomic E-state index is 14.1. The van der Waals surface area contributed by atoms with Crippen LogP contribution in [0.4, 0.5) is 5.69 Å². The van der Waals surface area contributed by atoms with E-state index in [1.807, 2.05) is 25.1 Å². The third kappa shape index (κ3) is 3.86. The molecular weight excluding hydrogens is 593 g/mol. The molecule has 0 aromatic heterocycles. The number of halogens is 1. The molecule has 1 aromatic rings. The summed E-state index contributed by atoms with van der Waals surface area (Å²) in [6.45, 7) is 3.81. The number of carbonyl (C=O) groups excluding carboxylic acids is 3. The van der Waals surface area contributed by atoms with E-state index in [2.05, 4.69) is 29.2 Å². The summed E-state index contributed by atoms with van der Waals surface area (Å²) in [4.78, 5) is 43.0. The van der Waals surface area contributed by atoms with E-state index in [-0.39, 0.29) is 24.2 Å². The van der Waals surface area contributed by atoms with Crippen molar-refractivity contribution in [2.75, 3.05) is 39.7 Å². The van der Waals surface area contributed by atoms with E-state index in [4.69, 9.17) is 10.5 Å². The van der Waals surface area contributed by atoms with Crippen LogP contribution in [0.5, 0.6) is 5.75 Å². The number of ether oxygens (including phenoxy) is 1. The van der Waals surface area contributed by atoms with Crippen molar-refractivity contribution < 1.29 is 34.4 Å². The van der Waals surface area contributed by atoms with Crippen LogP contribution in [0.25, 0.3) is 0 Å². The van der Waals surface area contributed by atoms with E-state index >= 15 is 0 Å². The number of amides is 1. The van der Waals surface area contributed by atoms with Gasteiger partial charge in [0.05, 0.1) is 15.2 Å². The van der Waals surface area contributed by atoms with Crippen LogP contribution in [0.1, 0.15) is 22.3 Å². The number of nitrogens with zero attached hydrogens (tertiary/aromatic N) is 2. The topological polar surface area (TPSA) is 154 Å². The van der Waals surface area contributed by atoms with Gasteiger partial charge in [-0.3, -0.25) is 19.3 Å². The first-order valence-corrected chi connectivity index (χ1v) is 12.8. The van der Waals surface area contributed by atoms with Crippen molar-refractivity contribution in [2.45, 2.75) is 24.5 Å². The normalized spacial score (nSPS) is 27.1. The second-order valence-corrected chi connectivity index (χ2v) is 11.2.